The lowest BCUT2D eigenvalue weighted by molar-refractivity contribution is 0.0690. The maximum Gasteiger partial charge on any atom is 0.354 e. The quantitative estimate of drug-likeness (QED) is 0.822. The molecule has 0 saturated heterocycles. The van der Waals surface area contributed by atoms with Gasteiger partial charge in [-0.2, -0.15) is 0 Å². The number of hydrogen-bond donors (Lipinski definition) is 2. The van der Waals surface area contributed by atoms with Gasteiger partial charge in [0.25, 0.3) is 0 Å². The Morgan fingerprint density at radius 3 is 2.75 bits per heavy atom. The Kier molecular flexibility index (Phi) is 3.88. The van der Waals surface area contributed by atoms with Gasteiger partial charge in [0, 0.05) is 18.4 Å². The lowest BCUT2D eigenvalue weighted by Crippen LogP contribution is -2.13. The molecule has 88 valence electrons. The summed E-state index contributed by atoms with van der Waals surface area (Å²) >= 11 is 0. The molecule has 0 atom stereocenters. The number of nitrogens with one attached hydrogen (secondary N) is 1. The van der Waals surface area contributed by atoms with Gasteiger partial charge >= 0.3 is 5.97 Å². The zero-order valence-electron chi connectivity index (χ0n) is 9.95. The van der Waals surface area contributed by atoms with Crippen molar-refractivity contribution in [2.24, 2.45) is 5.41 Å². The molecule has 0 aliphatic carbocycles. The number of carboxylic acid groups (broad SMARTS) is 1. The van der Waals surface area contributed by atoms with E-state index < -0.39 is 5.97 Å². The van der Waals surface area contributed by atoms with Crippen LogP contribution in [0, 0.1) is 5.41 Å². The summed E-state index contributed by atoms with van der Waals surface area (Å²) in [5.41, 5.74) is 1.15. The third kappa shape index (κ3) is 4.29. The van der Waals surface area contributed by atoms with Crippen LogP contribution in [-0.2, 0) is 0 Å². The molecular formula is C12H18N2O2. The number of pyridine rings is 1. The number of anilines is 1. The van der Waals surface area contributed by atoms with E-state index in [1.54, 1.807) is 12.1 Å². The van der Waals surface area contributed by atoms with Crippen LogP contribution in [0.1, 0.15) is 37.7 Å². The van der Waals surface area contributed by atoms with Gasteiger partial charge in [-0.15, -0.1) is 0 Å². The monoisotopic (exact) mass is 222 g/mol. The Morgan fingerprint density at radius 1 is 1.50 bits per heavy atom. The van der Waals surface area contributed by atoms with Crippen molar-refractivity contribution >= 4 is 11.7 Å². The zero-order valence-corrected chi connectivity index (χ0v) is 9.95. The zero-order chi connectivity index (χ0) is 12.2. The maximum absolute atomic E-state index is 10.7. The van der Waals surface area contributed by atoms with Gasteiger partial charge in [0.1, 0.15) is 5.69 Å². The van der Waals surface area contributed by atoms with Crippen molar-refractivity contribution in [2.75, 3.05) is 11.9 Å². The van der Waals surface area contributed by atoms with Gasteiger partial charge < -0.3 is 10.4 Å². The summed E-state index contributed by atoms with van der Waals surface area (Å²) in [4.78, 5) is 14.5. The molecule has 1 aromatic heterocycles. The van der Waals surface area contributed by atoms with Gasteiger partial charge in [-0.1, -0.05) is 20.8 Å². The Morgan fingerprint density at radius 2 is 2.19 bits per heavy atom. The van der Waals surface area contributed by atoms with Gasteiger partial charge in [-0.3, -0.25) is 0 Å². The first kappa shape index (κ1) is 12.5. The lowest BCUT2D eigenvalue weighted by Gasteiger charge is -2.18. The van der Waals surface area contributed by atoms with Gasteiger partial charge in [-0.05, 0) is 24.0 Å². The van der Waals surface area contributed by atoms with E-state index in [1.807, 2.05) is 0 Å². The minimum absolute atomic E-state index is 0.0701. The Bertz CT molecular complexity index is 370. The van der Waals surface area contributed by atoms with Crippen molar-refractivity contribution in [3.05, 3.63) is 24.0 Å². The van der Waals surface area contributed by atoms with E-state index in [2.05, 4.69) is 31.1 Å². The fourth-order valence-corrected chi connectivity index (χ4v) is 1.24. The van der Waals surface area contributed by atoms with E-state index in [0.29, 0.717) is 0 Å². The fourth-order valence-electron chi connectivity index (χ4n) is 1.24. The largest absolute Gasteiger partial charge is 0.477 e. The standard InChI is InChI=1S/C12H18N2O2/c1-12(2,3)5-7-13-9-4-6-14-10(8-9)11(15)16/h4,6,8H,5,7H2,1-3H3,(H,13,14)(H,15,16). The third-order valence-electron chi connectivity index (χ3n) is 2.18. The van der Waals surface area contributed by atoms with Gasteiger partial charge in [-0.25, -0.2) is 9.78 Å². The number of carbonyl (C=O) groups is 1. The number of carboxylic acids is 1. The summed E-state index contributed by atoms with van der Waals surface area (Å²) in [6.07, 6.45) is 2.53. The second-order valence-electron chi connectivity index (χ2n) is 4.97. The molecule has 0 saturated carbocycles. The minimum Gasteiger partial charge on any atom is -0.477 e. The topological polar surface area (TPSA) is 62.2 Å². The van der Waals surface area contributed by atoms with Crippen LogP contribution in [0.2, 0.25) is 0 Å². The summed E-state index contributed by atoms with van der Waals surface area (Å²) in [5, 5.41) is 12.0. The average molecular weight is 222 g/mol. The Hall–Kier alpha value is -1.58. The normalized spacial score (nSPS) is 11.2. The predicted molar refractivity (Wildman–Crippen MR) is 63.8 cm³/mol. The van der Waals surface area contributed by atoms with E-state index >= 15 is 0 Å². The highest BCUT2D eigenvalue weighted by molar-refractivity contribution is 5.86. The summed E-state index contributed by atoms with van der Waals surface area (Å²) < 4.78 is 0. The van der Waals surface area contributed by atoms with Crippen molar-refractivity contribution in [1.82, 2.24) is 4.98 Å². The van der Waals surface area contributed by atoms with Gasteiger partial charge in [0.05, 0.1) is 0 Å². The highest BCUT2D eigenvalue weighted by Gasteiger charge is 2.09. The SMILES string of the molecule is CC(C)(C)CCNc1ccnc(C(=O)O)c1. The molecule has 0 radical (unpaired) electrons. The van der Waals surface area contributed by atoms with Crippen molar-refractivity contribution < 1.29 is 9.90 Å². The van der Waals surface area contributed by atoms with Crippen LogP contribution in [0.4, 0.5) is 5.69 Å². The van der Waals surface area contributed by atoms with Crippen LogP contribution in [0.25, 0.3) is 0 Å². The second-order valence-corrected chi connectivity index (χ2v) is 4.97. The van der Waals surface area contributed by atoms with Crippen LogP contribution >= 0.6 is 0 Å². The molecule has 0 aromatic carbocycles. The van der Waals surface area contributed by atoms with Crippen molar-refractivity contribution in [3.63, 3.8) is 0 Å². The van der Waals surface area contributed by atoms with Crippen molar-refractivity contribution in [2.45, 2.75) is 27.2 Å². The van der Waals surface area contributed by atoms with E-state index in [1.165, 1.54) is 6.20 Å². The molecule has 0 spiro atoms. The van der Waals surface area contributed by atoms with Gasteiger partial charge in [0.15, 0.2) is 0 Å². The number of rotatable bonds is 4. The molecule has 0 amide bonds. The second kappa shape index (κ2) is 4.96. The van der Waals surface area contributed by atoms with Crippen LogP contribution < -0.4 is 5.32 Å². The number of nitrogens with zero attached hydrogens (tertiary/aromatic N) is 1. The van der Waals surface area contributed by atoms with E-state index in [4.69, 9.17) is 5.11 Å². The highest BCUT2D eigenvalue weighted by Crippen LogP contribution is 2.18. The van der Waals surface area contributed by atoms with E-state index in [9.17, 15) is 4.79 Å². The lowest BCUT2D eigenvalue weighted by atomic mass is 9.92. The molecule has 0 fully saturated rings. The number of aromatic carboxylic acids is 1. The molecule has 2 N–H and O–H groups in total. The molecule has 16 heavy (non-hydrogen) atoms. The highest BCUT2D eigenvalue weighted by atomic mass is 16.4. The van der Waals surface area contributed by atoms with Crippen LogP contribution in [-0.4, -0.2) is 22.6 Å². The summed E-state index contributed by atoms with van der Waals surface area (Å²) in [6, 6.07) is 3.32. The van der Waals surface area contributed by atoms with Crippen LogP contribution in [0.5, 0.6) is 0 Å². The first-order valence-electron chi connectivity index (χ1n) is 5.32. The first-order valence-corrected chi connectivity index (χ1v) is 5.32. The first-order chi connectivity index (χ1) is 7.38. The van der Waals surface area contributed by atoms with Crippen molar-refractivity contribution in [3.8, 4) is 0 Å². The molecular weight excluding hydrogens is 204 g/mol. The third-order valence-corrected chi connectivity index (χ3v) is 2.18. The Balaban J connectivity index is 2.55. The molecule has 1 rings (SSSR count). The number of hydrogen-bond acceptors (Lipinski definition) is 3. The fraction of sp³-hybridized carbons (Fsp3) is 0.500. The average Bonchev–Trinajstić information content (AvgIpc) is 2.16. The van der Waals surface area contributed by atoms with Crippen molar-refractivity contribution in [1.29, 1.82) is 0 Å². The summed E-state index contributed by atoms with van der Waals surface area (Å²) in [5.74, 6) is -1.00. The summed E-state index contributed by atoms with van der Waals surface area (Å²) in [6.45, 7) is 7.34. The predicted octanol–water partition coefficient (Wildman–Crippen LogP) is 2.63. The van der Waals surface area contributed by atoms with Gasteiger partial charge in [0.2, 0.25) is 0 Å². The molecule has 0 aliphatic heterocycles. The van der Waals surface area contributed by atoms with E-state index in [-0.39, 0.29) is 11.1 Å². The van der Waals surface area contributed by atoms with Crippen LogP contribution in [0.15, 0.2) is 18.3 Å². The molecule has 1 aromatic rings. The molecule has 0 bridgehead atoms. The smallest absolute Gasteiger partial charge is 0.354 e. The molecule has 1 heterocycles. The molecule has 0 aliphatic rings. The van der Waals surface area contributed by atoms with Crippen LogP contribution in [0.3, 0.4) is 0 Å². The molecule has 0 unspecified atom stereocenters. The molecule has 4 nitrogen and oxygen atoms in total. The Labute approximate surface area is 95.7 Å². The minimum atomic E-state index is -1.00. The number of aromatic nitrogens is 1. The maximum atomic E-state index is 10.7. The summed E-state index contributed by atoms with van der Waals surface area (Å²) in [7, 11) is 0. The molecule has 4 heteroatoms. The van der Waals surface area contributed by atoms with E-state index in [0.717, 1.165) is 18.7 Å².